The molecule has 30 heavy (non-hydrogen) atoms. The van der Waals surface area contributed by atoms with Crippen molar-refractivity contribution in [2.45, 2.75) is 18.8 Å². The zero-order chi connectivity index (χ0) is 21.3. The zero-order valence-electron chi connectivity index (χ0n) is 17.7. The van der Waals surface area contributed by atoms with Gasteiger partial charge in [0.1, 0.15) is 5.75 Å². The van der Waals surface area contributed by atoms with Crippen molar-refractivity contribution in [3.8, 4) is 5.75 Å². The lowest BCUT2D eigenvalue weighted by atomic mass is 10.1. The number of benzene rings is 1. The van der Waals surface area contributed by atoms with Crippen LogP contribution in [0.3, 0.4) is 0 Å². The third-order valence-corrected chi connectivity index (χ3v) is 6.10. The Hall–Kier alpha value is -2.23. The lowest BCUT2D eigenvalue weighted by molar-refractivity contribution is -0.122. The number of thioether (sulfide) groups is 1. The minimum atomic E-state index is -0.0305. The van der Waals surface area contributed by atoms with Crippen molar-refractivity contribution in [3.05, 3.63) is 41.4 Å². The summed E-state index contributed by atoms with van der Waals surface area (Å²) < 4.78 is 5.16. The van der Waals surface area contributed by atoms with Crippen molar-refractivity contribution in [1.82, 2.24) is 25.3 Å². The summed E-state index contributed by atoms with van der Waals surface area (Å²) in [5.74, 6) is 0.887. The summed E-state index contributed by atoms with van der Waals surface area (Å²) in [4.78, 5) is 30.3. The van der Waals surface area contributed by atoms with Crippen LogP contribution in [0.4, 0.5) is 0 Å². The number of amides is 2. The molecule has 1 aromatic carbocycles. The summed E-state index contributed by atoms with van der Waals surface area (Å²) in [6.07, 6.45) is 2.83. The molecular weight excluding hydrogens is 402 g/mol. The van der Waals surface area contributed by atoms with Gasteiger partial charge in [-0.3, -0.25) is 19.4 Å². The van der Waals surface area contributed by atoms with Gasteiger partial charge in [0.25, 0.3) is 0 Å². The van der Waals surface area contributed by atoms with Crippen LogP contribution in [-0.4, -0.2) is 85.1 Å². The van der Waals surface area contributed by atoms with Crippen LogP contribution in [0, 0.1) is 0 Å². The highest BCUT2D eigenvalue weighted by Crippen LogP contribution is 2.23. The normalized spacial score (nSPS) is 19.7. The van der Waals surface area contributed by atoms with E-state index < -0.39 is 0 Å². The fourth-order valence-corrected chi connectivity index (χ4v) is 4.38. The summed E-state index contributed by atoms with van der Waals surface area (Å²) in [7, 11) is 1.65. The highest BCUT2D eigenvalue weighted by molar-refractivity contribution is 8.02. The van der Waals surface area contributed by atoms with E-state index in [1.54, 1.807) is 18.9 Å². The van der Waals surface area contributed by atoms with Crippen LogP contribution in [0.1, 0.15) is 12.5 Å². The van der Waals surface area contributed by atoms with Gasteiger partial charge in [0.15, 0.2) is 5.50 Å². The summed E-state index contributed by atoms with van der Waals surface area (Å²) in [6.45, 7) is 6.91. The number of nitrogens with one attached hydrogen (secondary N) is 2. The second-order valence-corrected chi connectivity index (χ2v) is 8.46. The Kier molecular flexibility index (Phi) is 8.41. The van der Waals surface area contributed by atoms with Gasteiger partial charge in [-0.1, -0.05) is 23.9 Å². The zero-order valence-corrected chi connectivity index (χ0v) is 18.5. The fourth-order valence-electron chi connectivity index (χ4n) is 3.47. The summed E-state index contributed by atoms with van der Waals surface area (Å²) in [5.41, 5.74) is 1.15. The maximum atomic E-state index is 12.3. The lowest BCUT2D eigenvalue weighted by Crippen LogP contribution is -2.53. The van der Waals surface area contributed by atoms with Gasteiger partial charge in [-0.15, -0.1) is 0 Å². The van der Waals surface area contributed by atoms with Gasteiger partial charge in [0, 0.05) is 45.8 Å². The van der Waals surface area contributed by atoms with Gasteiger partial charge in [0.2, 0.25) is 11.8 Å². The molecular formula is C21H31N5O3S. The lowest BCUT2D eigenvalue weighted by Gasteiger charge is -2.37. The molecule has 0 saturated carbocycles. The maximum Gasteiger partial charge on any atom is 0.234 e. The van der Waals surface area contributed by atoms with Gasteiger partial charge in [-0.2, -0.15) is 0 Å². The number of carbonyl (C=O) groups excluding carboxylic acids is 2. The van der Waals surface area contributed by atoms with Crippen LogP contribution in [0.15, 0.2) is 35.9 Å². The van der Waals surface area contributed by atoms with Crippen molar-refractivity contribution >= 4 is 23.6 Å². The molecule has 2 aliphatic rings. The molecule has 2 heterocycles. The van der Waals surface area contributed by atoms with E-state index in [0.29, 0.717) is 13.1 Å². The molecule has 8 nitrogen and oxygen atoms in total. The molecule has 3 rings (SSSR count). The van der Waals surface area contributed by atoms with E-state index >= 15 is 0 Å². The number of methoxy groups -OCH3 is 1. The quantitative estimate of drug-likeness (QED) is 0.598. The van der Waals surface area contributed by atoms with Gasteiger partial charge in [-0.25, -0.2) is 0 Å². The molecule has 2 aliphatic heterocycles. The monoisotopic (exact) mass is 433 g/mol. The molecule has 1 atom stereocenters. The van der Waals surface area contributed by atoms with E-state index in [-0.39, 0.29) is 17.3 Å². The third kappa shape index (κ3) is 6.93. The number of rotatable bonds is 9. The first-order valence-corrected chi connectivity index (χ1v) is 11.2. The molecule has 0 spiro atoms. The molecule has 1 aromatic rings. The molecule has 0 aliphatic carbocycles. The van der Waals surface area contributed by atoms with Gasteiger partial charge < -0.3 is 20.3 Å². The van der Waals surface area contributed by atoms with E-state index in [4.69, 9.17) is 4.74 Å². The predicted molar refractivity (Wildman–Crippen MR) is 119 cm³/mol. The number of ether oxygens (including phenoxy) is 1. The van der Waals surface area contributed by atoms with Gasteiger partial charge in [0.05, 0.1) is 20.3 Å². The predicted octanol–water partition coefficient (Wildman–Crippen LogP) is 0.869. The summed E-state index contributed by atoms with van der Waals surface area (Å²) in [5, 5.41) is 7.97. The Balaban J connectivity index is 1.31. The van der Waals surface area contributed by atoms with Crippen molar-refractivity contribution in [3.63, 3.8) is 0 Å². The first-order chi connectivity index (χ1) is 14.5. The van der Waals surface area contributed by atoms with Crippen LogP contribution >= 0.6 is 11.8 Å². The molecule has 1 unspecified atom stereocenters. The molecule has 0 bridgehead atoms. The average molecular weight is 434 g/mol. The van der Waals surface area contributed by atoms with Crippen LogP contribution in [0.25, 0.3) is 0 Å². The number of hydrogen-bond donors (Lipinski definition) is 2. The van der Waals surface area contributed by atoms with Crippen LogP contribution in [-0.2, 0) is 16.0 Å². The largest absolute Gasteiger partial charge is 0.497 e. The molecule has 0 radical (unpaired) electrons. The fraction of sp³-hybridized carbons (Fsp3) is 0.524. The van der Waals surface area contributed by atoms with Crippen LogP contribution in [0.5, 0.6) is 5.75 Å². The smallest absolute Gasteiger partial charge is 0.234 e. The maximum absolute atomic E-state index is 12.3. The van der Waals surface area contributed by atoms with Crippen molar-refractivity contribution in [2.24, 2.45) is 0 Å². The van der Waals surface area contributed by atoms with Crippen LogP contribution in [0.2, 0.25) is 0 Å². The Morgan fingerprint density at radius 2 is 1.83 bits per heavy atom. The molecule has 0 aromatic heterocycles. The van der Waals surface area contributed by atoms with E-state index in [1.807, 2.05) is 35.9 Å². The topological polar surface area (TPSA) is 77.2 Å². The standard InChI is InChI=1S/C21H31N5O3S/c1-17(27)23-21-26(13-14-30-21)16-25-11-9-24(10-12-25)15-20(28)22-8-7-18-3-5-19(29-2)6-4-18/h3-6,13-14,21H,7-12,15-16H2,1-2H3,(H,22,28)(H,23,27). The summed E-state index contributed by atoms with van der Waals surface area (Å²) in [6, 6.07) is 7.92. The number of nitrogens with zero attached hydrogens (tertiary/aromatic N) is 3. The molecule has 1 saturated heterocycles. The van der Waals surface area contributed by atoms with E-state index in [1.165, 1.54) is 12.5 Å². The van der Waals surface area contributed by atoms with Crippen molar-refractivity contribution < 1.29 is 14.3 Å². The Labute approximate surface area is 182 Å². The van der Waals surface area contributed by atoms with Gasteiger partial charge >= 0.3 is 0 Å². The van der Waals surface area contributed by atoms with Crippen molar-refractivity contribution in [1.29, 1.82) is 0 Å². The molecule has 164 valence electrons. The Morgan fingerprint density at radius 1 is 1.13 bits per heavy atom. The Morgan fingerprint density at radius 3 is 2.50 bits per heavy atom. The average Bonchev–Trinajstić information content (AvgIpc) is 3.16. The molecule has 2 N–H and O–H groups in total. The Bertz CT molecular complexity index is 735. The minimum absolute atomic E-state index is 0.0241. The highest BCUT2D eigenvalue weighted by Gasteiger charge is 2.25. The molecule has 1 fully saturated rings. The first-order valence-electron chi connectivity index (χ1n) is 10.2. The summed E-state index contributed by atoms with van der Waals surface area (Å²) >= 11 is 1.60. The minimum Gasteiger partial charge on any atom is -0.497 e. The van der Waals surface area contributed by atoms with Gasteiger partial charge in [-0.05, 0) is 29.5 Å². The SMILES string of the molecule is COc1ccc(CCNC(=O)CN2CCN(CN3C=CSC3NC(C)=O)CC2)cc1. The van der Waals surface area contributed by atoms with Crippen molar-refractivity contribution in [2.75, 3.05) is 53.0 Å². The molecule has 2 amide bonds. The third-order valence-electron chi connectivity index (χ3n) is 5.18. The highest BCUT2D eigenvalue weighted by atomic mass is 32.2. The van der Waals surface area contributed by atoms with Crippen LogP contribution < -0.4 is 15.4 Å². The second kappa shape index (κ2) is 11.2. The van der Waals surface area contributed by atoms with E-state index in [2.05, 4.69) is 25.3 Å². The van der Waals surface area contributed by atoms with E-state index in [0.717, 1.165) is 45.0 Å². The number of piperazine rings is 1. The number of hydrogen-bond acceptors (Lipinski definition) is 7. The number of carbonyl (C=O) groups is 2. The second-order valence-electron chi connectivity index (χ2n) is 7.47. The van der Waals surface area contributed by atoms with E-state index in [9.17, 15) is 9.59 Å². The molecule has 9 heteroatoms. The first kappa shape index (κ1) is 22.5.